The molecule has 1 aromatic heterocycles. The van der Waals surface area contributed by atoms with Gasteiger partial charge in [-0.3, -0.25) is 0 Å². The number of rotatable bonds is 6. The van der Waals surface area contributed by atoms with Crippen LogP contribution in [0.1, 0.15) is 40.5 Å². The van der Waals surface area contributed by atoms with E-state index in [0.29, 0.717) is 12.5 Å². The number of piperidine rings is 1. The quantitative estimate of drug-likeness (QED) is 0.565. The Bertz CT molecular complexity index is 580. The van der Waals surface area contributed by atoms with E-state index >= 15 is 0 Å². The van der Waals surface area contributed by atoms with Gasteiger partial charge in [-0.05, 0) is 53.0 Å². The number of nitrogens with zero attached hydrogens (tertiary/aromatic N) is 3. The van der Waals surface area contributed by atoms with Gasteiger partial charge in [0.05, 0.1) is 11.2 Å². The number of nitrogens with one attached hydrogen (secondary N) is 1. The molecule has 3 N–H and O–H groups in total. The average molecular weight is 361 g/mol. The summed E-state index contributed by atoms with van der Waals surface area (Å²) in [6.07, 6.45) is 6.07. The van der Waals surface area contributed by atoms with Crippen molar-refractivity contribution in [2.24, 2.45) is 11.7 Å². The molecule has 2 aliphatic heterocycles. The van der Waals surface area contributed by atoms with E-state index in [4.69, 9.17) is 15.0 Å². The molecule has 3 heterocycles. The lowest BCUT2D eigenvalue weighted by Gasteiger charge is -2.33. The van der Waals surface area contributed by atoms with E-state index in [-0.39, 0.29) is 11.2 Å². The molecule has 3 rings (SSSR count). The second-order valence-electron chi connectivity index (χ2n) is 8.35. The zero-order chi connectivity index (χ0) is 18.8. The molecule has 8 heteroatoms. The summed E-state index contributed by atoms with van der Waals surface area (Å²) >= 11 is 0. The Morgan fingerprint density at radius 3 is 2.50 bits per heavy atom. The normalized spacial score (nSPS) is 24.9. The first-order valence-electron chi connectivity index (χ1n) is 9.66. The van der Waals surface area contributed by atoms with E-state index in [1.807, 2.05) is 12.4 Å². The van der Waals surface area contributed by atoms with Gasteiger partial charge in [0.2, 0.25) is 5.95 Å². The van der Waals surface area contributed by atoms with Crippen LogP contribution in [-0.2, 0) is 9.31 Å². The van der Waals surface area contributed by atoms with Crippen LogP contribution in [0, 0.1) is 5.92 Å². The largest absolute Gasteiger partial charge is 0.498 e. The van der Waals surface area contributed by atoms with E-state index < -0.39 is 7.12 Å². The first-order chi connectivity index (χ1) is 12.3. The zero-order valence-corrected chi connectivity index (χ0v) is 16.5. The third kappa shape index (κ3) is 4.19. The molecule has 0 radical (unpaired) electrons. The third-order valence-electron chi connectivity index (χ3n) is 5.74. The lowest BCUT2D eigenvalue weighted by Crippen LogP contribution is -2.42. The summed E-state index contributed by atoms with van der Waals surface area (Å²) in [5.74, 6) is 1.40. The maximum atomic E-state index is 6.07. The van der Waals surface area contributed by atoms with E-state index in [0.717, 1.165) is 44.0 Å². The molecule has 0 aliphatic carbocycles. The molecule has 0 bridgehead atoms. The minimum Gasteiger partial charge on any atom is -0.399 e. The molecular formula is C18H32BN5O2. The van der Waals surface area contributed by atoms with Crippen molar-refractivity contribution in [3.05, 3.63) is 12.4 Å². The molecule has 0 amide bonds. The molecule has 0 unspecified atom stereocenters. The van der Waals surface area contributed by atoms with Crippen LogP contribution in [0.15, 0.2) is 12.4 Å². The van der Waals surface area contributed by atoms with Gasteiger partial charge in [-0.15, -0.1) is 0 Å². The van der Waals surface area contributed by atoms with Gasteiger partial charge < -0.3 is 25.3 Å². The zero-order valence-electron chi connectivity index (χ0n) is 16.5. The van der Waals surface area contributed by atoms with Gasteiger partial charge in [-0.25, -0.2) is 9.97 Å². The summed E-state index contributed by atoms with van der Waals surface area (Å²) in [4.78, 5) is 11.4. The lowest BCUT2D eigenvalue weighted by atomic mass is 9.81. The van der Waals surface area contributed by atoms with Crippen LogP contribution in [-0.4, -0.2) is 61.0 Å². The maximum absolute atomic E-state index is 6.07. The Kier molecular flexibility index (Phi) is 5.86. The predicted octanol–water partition coefficient (Wildman–Crippen LogP) is 0.541. The Balaban J connectivity index is 1.61. The third-order valence-corrected chi connectivity index (χ3v) is 5.74. The van der Waals surface area contributed by atoms with Gasteiger partial charge in [0, 0.05) is 44.0 Å². The van der Waals surface area contributed by atoms with Gasteiger partial charge in [0.15, 0.2) is 0 Å². The van der Waals surface area contributed by atoms with Gasteiger partial charge in [0.1, 0.15) is 0 Å². The van der Waals surface area contributed by atoms with Crippen LogP contribution in [0.5, 0.6) is 0 Å². The Labute approximate surface area is 157 Å². The average Bonchev–Trinajstić information content (AvgIpc) is 2.83. The van der Waals surface area contributed by atoms with Crippen LogP contribution in [0.3, 0.4) is 0 Å². The molecule has 0 aromatic carbocycles. The fourth-order valence-electron chi connectivity index (χ4n) is 3.42. The molecule has 7 nitrogen and oxygen atoms in total. The number of hydrogen-bond acceptors (Lipinski definition) is 7. The molecule has 0 spiro atoms. The van der Waals surface area contributed by atoms with Crippen LogP contribution in [0.25, 0.3) is 0 Å². The molecule has 1 aromatic rings. The second kappa shape index (κ2) is 7.80. The van der Waals surface area contributed by atoms with Gasteiger partial charge in [0.25, 0.3) is 0 Å². The highest BCUT2D eigenvalue weighted by molar-refractivity contribution is 6.61. The Morgan fingerprint density at radius 1 is 1.23 bits per heavy atom. The monoisotopic (exact) mass is 361 g/mol. The van der Waals surface area contributed by atoms with Crippen LogP contribution < -0.4 is 21.4 Å². The molecule has 1 atom stereocenters. The van der Waals surface area contributed by atoms with Crippen molar-refractivity contribution < 1.29 is 9.31 Å². The van der Waals surface area contributed by atoms with Crippen molar-refractivity contribution in [1.29, 1.82) is 0 Å². The van der Waals surface area contributed by atoms with E-state index in [2.05, 4.69) is 47.9 Å². The van der Waals surface area contributed by atoms with Crippen molar-refractivity contribution in [2.75, 3.05) is 37.6 Å². The molecule has 26 heavy (non-hydrogen) atoms. The fourth-order valence-corrected chi connectivity index (χ4v) is 3.42. The fraction of sp³-hybridized carbons (Fsp3) is 0.778. The highest BCUT2D eigenvalue weighted by atomic mass is 16.7. The van der Waals surface area contributed by atoms with Crippen molar-refractivity contribution >= 4 is 18.5 Å². The van der Waals surface area contributed by atoms with Gasteiger partial charge >= 0.3 is 7.12 Å². The Morgan fingerprint density at radius 2 is 1.88 bits per heavy atom. The first kappa shape index (κ1) is 19.5. The van der Waals surface area contributed by atoms with Gasteiger partial charge in [-0.1, -0.05) is 0 Å². The van der Waals surface area contributed by atoms with Crippen LogP contribution >= 0.6 is 0 Å². The number of anilines is 1. The SMILES string of the molecule is CC1(C)OB(c2cnc(N3CCC[C@H](CNCCN)C3)nc2)OC1(C)C. The second-order valence-corrected chi connectivity index (χ2v) is 8.35. The number of hydrogen-bond donors (Lipinski definition) is 2. The summed E-state index contributed by atoms with van der Waals surface area (Å²) in [5, 5.41) is 3.41. The predicted molar refractivity (Wildman–Crippen MR) is 105 cm³/mol. The van der Waals surface area contributed by atoms with Crippen LogP contribution in [0.4, 0.5) is 5.95 Å². The smallest absolute Gasteiger partial charge is 0.399 e. The molecule has 0 saturated carbocycles. The lowest BCUT2D eigenvalue weighted by molar-refractivity contribution is 0.00578. The summed E-state index contributed by atoms with van der Waals surface area (Å²) in [5.41, 5.74) is 5.71. The molecule has 2 saturated heterocycles. The van der Waals surface area contributed by atoms with Crippen LogP contribution in [0.2, 0.25) is 0 Å². The summed E-state index contributed by atoms with van der Waals surface area (Å²) in [6, 6.07) is 0. The van der Waals surface area contributed by atoms with Crippen molar-refractivity contribution in [1.82, 2.24) is 15.3 Å². The maximum Gasteiger partial charge on any atom is 0.498 e. The highest BCUT2D eigenvalue weighted by Crippen LogP contribution is 2.36. The van der Waals surface area contributed by atoms with Crippen molar-refractivity contribution in [3.8, 4) is 0 Å². The standard InChI is InChI=1S/C18H32BN5O2/c1-17(2)18(3,4)26-19(25-17)15-11-22-16(23-12-15)24-9-5-6-14(13-24)10-21-8-7-20/h11-12,14,21H,5-10,13,20H2,1-4H3/t14-/m1/s1. The topological polar surface area (TPSA) is 85.5 Å². The summed E-state index contributed by atoms with van der Waals surface area (Å²) < 4.78 is 12.1. The van der Waals surface area contributed by atoms with Crippen molar-refractivity contribution in [2.45, 2.75) is 51.7 Å². The molecular weight excluding hydrogens is 329 g/mol. The van der Waals surface area contributed by atoms with Gasteiger partial charge in [-0.2, -0.15) is 0 Å². The number of aromatic nitrogens is 2. The summed E-state index contributed by atoms with van der Waals surface area (Å²) in [7, 11) is -0.413. The minimum atomic E-state index is -0.413. The summed E-state index contributed by atoms with van der Waals surface area (Å²) in [6.45, 7) is 12.7. The molecule has 2 fully saturated rings. The number of nitrogens with two attached hydrogens (primary N) is 1. The molecule has 2 aliphatic rings. The highest BCUT2D eigenvalue weighted by Gasteiger charge is 2.52. The first-order valence-corrected chi connectivity index (χ1v) is 9.66. The molecule has 144 valence electrons. The van der Waals surface area contributed by atoms with E-state index in [1.54, 1.807) is 0 Å². The minimum absolute atomic E-state index is 0.354. The Hall–Kier alpha value is -1.22. The van der Waals surface area contributed by atoms with E-state index in [1.165, 1.54) is 6.42 Å². The van der Waals surface area contributed by atoms with E-state index in [9.17, 15) is 0 Å². The van der Waals surface area contributed by atoms with Crippen molar-refractivity contribution in [3.63, 3.8) is 0 Å².